The van der Waals surface area contributed by atoms with Gasteiger partial charge in [0.05, 0.1) is 13.2 Å². The highest BCUT2D eigenvalue weighted by Crippen LogP contribution is 2.25. The van der Waals surface area contributed by atoms with Crippen LogP contribution in [0, 0.1) is 5.41 Å². The van der Waals surface area contributed by atoms with Crippen molar-refractivity contribution >= 4 is 0 Å². The Morgan fingerprint density at radius 1 is 0.929 bits per heavy atom. The second kappa shape index (κ2) is 8.25. The van der Waals surface area contributed by atoms with Crippen molar-refractivity contribution in [3.05, 3.63) is 0 Å². The molecule has 0 aliphatic carbocycles. The molecule has 0 heterocycles. The predicted molar refractivity (Wildman–Crippen MR) is 60.6 cm³/mol. The van der Waals surface area contributed by atoms with Crippen molar-refractivity contribution in [3.63, 3.8) is 0 Å². The van der Waals surface area contributed by atoms with Crippen molar-refractivity contribution in [2.24, 2.45) is 5.41 Å². The molecule has 86 valence electrons. The standard InChI is InChI=1S/C12H26O2/c1-5-8-9-12(4,10-13-6-2)11-14-7-3/h5-11H2,1-4H3. The average molecular weight is 202 g/mol. The van der Waals surface area contributed by atoms with Crippen LogP contribution in [0.25, 0.3) is 0 Å². The summed E-state index contributed by atoms with van der Waals surface area (Å²) in [5.74, 6) is 0. The van der Waals surface area contributed by atoms with Crippen LogP contribution >= 0.6 is 0 Å². The molecule has 0 saturated carbocycles. The van der Waals surface area contributed by atoms with E-state index < -0.39 is 0 Å². The monoisotopic (exact) mass is 202 g/mol. The average Bonchev–Trinajstić information content (AvgIpc) is 2.21. The van der Waals surface area contributed by atoms with Gasteiger partial charge >= 0.3 is 0 Å². The molecule has 0 aliphatic rings. The SMILES string of the molecule is CCCCC(C)(COCC)COCC. The van der Waals surface area contributed by atoms with E-state index in [0.29, 0.717) is 0 Å². The van der Waals surface area contributed by atoms with E-state index >= 15 is 0 Å². The summed E-state index contributed by atoms with van der Waals surface area (Å²) >= 11 is 0. The Kier molecular flexibility index (Phi) is 8.20. The van der Waals surface area contributed by atoms with E-state index in [9.17, 15) is 0 Å². The van der Waals surface area contributed by atoms with E-state index in [0.717, 1.165) is 26.4 Å². The quantitative estimate of drug-likeness (QED) is 0.571. The maximum absolute atomic E-state index is 5.51. The molecular formula is C12H26O2. The maximum atomic E-state index is 5.51. The molecule has 0 radical (unpaired) electrons. The number of rotatable bonds is 9. The fraction of sp³-hybridized carbons (Fsp3) is 1.00. The third-order valence-corrected chi connectivity index (χ3v) is 2.44. The van der Waals surface area contributed by atoms with Gasteiger partial charge in [0, 0.05) is 18.6 Å². The molecule has 2 heteroatoms. The number of hydrogen-bond acceptors (Lipinski definition) is 2. The van der Waals surface area contributed by atoms with Crippen LogP contribution in [0.15, 0.2) is 0 Å². The zero-order chi connectivity index (χ0) is 10.9. The van der Waals surface area contributed by atoms with Gasteiger partial charge in [0.1, 0.15) is 0 Å². The zero-order valence-electron chi connectivity index (χ0n) is 10.3. The molecule has 0 fully saturated rings. The lowest BCUT2D eigenvalue weighted by molar-refractivity contribution is -0.0120. The Hall–Kier alpha value is -0.0800. The molecule has 0 rings (SSSR count). The van der Waals surface area contributed by atoms with Crippen molar-refractivity contribution in [1.82, 2.24) is 0 Å². The first-order valence-corrected chi connectivity index (χ1v) is 5.84. The Balaban J connectivity index is 3.89. The lowest BCUT2D eigenvalue weighted by atomic mass is 9.86. The molecule has 0 aromatic heterocycles. The van der Waals surface area contributed by atoms with Crippen molar-refractivity contribution in [2.75, 3.05) is 26.4 Å². The van der Waals surface area contributed by atoms with Gasteiger partial charge in [0.15, 0.2) is 0 Å². The van der Waals surface area contributed by atoms with Crippen LogP contribution < -0.4 is 0 Å². The molecule has 0 spiro atoms. The van der Waals surface area contributed by atoms with E-state index in [2.05, 4.69) is 13.8 Å². The molecule has 0 aromatic rings. The third-order valence-electron chi connectivity index (χ3n) is 2.44. The van der Waals surface area contributed by atoms with Crippen molar-refractivity contribution in [3.8, 4) is 0 Å². The summed E-state index contributed by atoms with van der Waals surface area (Å²) < 4.78 is 11.0. The van der Waals surface area contributed by atoms with Gasteiger partial charge < -0.3 is 9.47 Å². The van der Waals surface area contributed by atoms with E-state index in [1.807, 2.05) is 13.8 Å². The van der Waals surface area contributed by atoms with Crippen LogP contribution in [-0.2, 0) is 9.47 Å². The van der Waals surface area contributed by atoms with Crippen LogP contribution in [0.1, 0.15) is 47.0 Å². The zero-order valence-corrected chi connectivity index (χ0v) is 10.3. The van der Waals surface area contributed by atoms with E-state index in [4.69, 9.17) is 9.47 Å². The minimum absolute atomic E-state index is 0.210. The molecule has 0 saturated heterocycles. The van der Waals surface area contributed by atoms with Gasteiger partial charge in [-0.25, -0.2) is 0 Å². The van der Waals surface area contributed by atoms with Crippen molar-refractivity contribution in [2.45, 2.75) is 47.0 Å². The topological polar surface area (TPSA) is 18.5 Å². The highest BCUT2D eigenvalue weighted by Gasteiger charge is 2.23. The number of unbranched alkanes of at least 4 members (excludes halogenated alkanes) is 1. The summed E-state index contributed by atoms with van der Waals surface area (Å²) in [4.78, 5) is 0. The van der Waals surface area contributed by atoms with E-state index in [1.165, 1.54) is 19.3 Å². The Morgan fingerprint density at radius 2 is 1.43 bits per heavy atom. The molecule has 2 nitrogen and oxygen atoms in total. The van der Waals surface area contributed by atoms with Crippen LogP contribution in [0.3, 0.4) is 0 Å². The van der Waals surface area contributed by atoms with Gasteiger partial charge in [0.2, 0.25) is 0 Å². The minimum Gasteiger partial charge on any atom is -0.381 e. The van der Waals surface area contributed by atoms with Gasteiger partial charge in [-0.2, -0.15) is 0 Å². The van der Waals surface area contributed by atoms with Gasteiger partial charge in [-0.15, -0.1) is 0 Å². The predicted octanol–water partition coefficient (Wildman–Crippen LogP) is 3.26. The molecule has 0 amide bonds. The van der Waals surface area contributed by atoms with Gasteiger partial charge in [-0.3, -0.25) is 0 Å². The summed E-state index contributed by atoms with van der Waals surface area (Å²) in [6.45, 7) is 11.8. The van der Waals surface area contributed by atoms with Gasteiger partial charge in [-0.05, 0) is 20.3 Å². The fourth-order valence-electron chi connectivity index (χ4n) is 1.49. The van der Waals surface area contributed by atoms with Gasteiger partial charge in [0.25, 0.3) is 0 Å². The second-order valence-corrected chi connectivity index (χ2v) is 4.19. The highest BCUT2D eigenvalue weighted by molar-refractivity contribution is 4.73. The highest BCUT2D eigenvalue weighted by atomic mass is 16.5. The van der Waals surface area contributed by atoms with Crippen LogP contribution in [-0.4, -0.2) is 26.4 Å². The molecule has 0 aromatic carbocycles. The van der Waals surface area contributed by atoms with Crippen molar-refractivity contribution < 1.29 is 9.47 Å². The largest absolute Gasteiger partial charge is 0.381 e. The van der Waals surface area contributed by atoms with Crippen LogP contribution in [0.4, 0.5) is 0 Å². The second-order valence-electron chi connectivity index (χ2n) is 4.19. The molecule has 0 N–H and O–H groups in total. The van der Waals surface area contributed by atoms with Crippen molar-refractivity contribution in [1.29, 1.82) is 0 Å². The van der Waals surface area contributed by atoms with Crippen LogP contribution in [0.2, 0.25) is 0 Å². The summed E-state index contributed by atoms with van der Waals surface area (Å²) in [6, 6.07) is 0. The summed E-state index contributed by atoms with van der Waals surface area (Å²) in [7, 11) is 0. The summed E-state index contributed by atoms with van der Waals surface area (Å²) in [6.07, 6.45) is 3.70. The number of ether oxygens (including phenoxy) is 2. The van der Waals surface area contributed by atoms with Crippen LogP contribution in [0.5, 0.6) is 0 Å². The summed E-state index contributed by atoms with van der Waals surface area (Å²) in [5.41, 5.74) is 0.210. The lowest BCUT2D eigenvalue weighted by Crippen LogP contribution is -2.29. The van der Waals surface area contributed by atoms with Gasteiger partial charge in [-0.1, -0.05) is 26.7 Å². The Labute approximate surface area is 89.0 Å². The van der Waals surface area contributed by atoms with E-state index in [-0.39, 0.29) is 5.41 Å². The number of hydrogen-bond donors (Lipinski definition) is 0. The molecule has 0 atom stereocenters. The molecule has 0 aliphatic heterocycles. The Bertz CT molecular complexity index is 102. The molecule has 14 heavy (non-hydrogen) atoms. The molecular weight excluding hydrogens is 176 g/mol. The Morgan fingerprint density at radius 3 is 1.79 bits per heavy atom. The first kappa shape index (κ1) is 13.9. The lowest BCUT2D eigenvalue weighted by Gasteiger charge is -2.28. The maximum Gasteiger partial charge on any atom is 0.0541 e. The van der Waals surface area contributed by atoms with E-state index in [1.54, 1.807) is 0 Å². The normalized spacial score (nSPS) is 12.0. The summed E-state index contributed by atoms with van der Waals surface area (Å²) in [5, 5.41) is 0. The first-order chi connectivity index (χ1) is 6.68. The smallest absolute Gasteiger partial charge is 0.0541 e. The molecule has 0 bridgehead atoms. The molecule has 0 unspecified atom stereocenters. The minimum atomic E-state index is 0.210. The first-order valence-electron chi connectivity index (χ1n) is 5.84. The fourth-order valence-corrected chi connectivity index (χ4v) is 1.49. The third kappa shape index (κ3) is 6.39.